The van der Waals surface area contributed by atoms with Crippen LogP contribution < -0.4 is 5.32 Å². The predicted octanol–water partition coefficient (Wildman–Crippen LogP) is 5.13. The van der Waals surface area contributed by atoms with Crippen LogP contribution >= 0.6 is 0 Å². The number of likely N-dealkylation sites (tertiary alicyclic amines) is 1. The highest BCUT2D eigenvalue weighted by Crippen LogP contribution is 2.39. The number of anilines is 1. The van der Waals surface area contributed by atoms with Crippen LogP contribution in [0.2, 0.25) is 0 Å². The summed E-state index contributed by atoms with van der Waals surface area (Å²) in [5.74, 6) is -12.8. The zero-order valence-electron chi connectivity index (χ0n) is 22.3. The van der Waals surface area contributed by atoms with Gasteiger partial charge in [0, 0.05) is 30.3 Å². The summed E-state index contributed by atoms with van der Waals surface area (Å²) in [6.07, 6.45) is 0.662. The quantitative estimate of drug-likeness (QED) is 0.191. The van der Waals surface area contributed by atoms with Gasteiger partial charge in [-0.1, -0.05) is 36.4 Å². The van der Waals surface area contributed by atoms with E-state index in [1.807, 2.05) is 12.1 Å². The largest absolute Gasteiger partial charge is 0.395 e. The van der Waals surface area contributed by atoms with Gasteiger partial charge in [-0.15, -0.1) is 0 Å². The molecule has 7 nitrogen and oxygen atoms in total. The number of aliphatic hydroxyl groups excluding tert-OH is 2. The summed E-state index contributed by atoms with van der Waals surface area (Å²) in [5.41, 5.74) is 0.435. The highest BCUT2D eigenvalue weighted by molar-refractivity contribution is 6.04. The van der Waals surface area contributed by atoms with Crippen molar-refractivity contribution in [2.24, 2.45) is 0 Å². The predicted molar refractivity (Wildman–Crippen MR) is 141 cm³/mol. The van der Waals surface area contributed by atoms with E-state index in [1.54, 1.807) is 18.2 Å². The van der Waals surface area contributed by atoms with Gasteiger partial charge in [0.25, 0.3) is 5.91 Å². The van der Waals surface area contributed by atoms with E-state index in [9.17, 15) is 37.0 Å². The van der Waals surface area contributed by atoms with Crippen molar-refractivity contribution in [3.63, 3.8) is 0 Å². The monoisotopic (exact) mass is 592 g/mol. The van der Waals surface area contributed by atoms with Crippen LogP contribution in [0.5, 0.6) is 0 Å². The molecule has 0 aliphatic carbocycles. The number of halogens is 5. The smallest absolute Gasteiger partial charge is 0.261 e. The summed E-state index contributed by atoms with van der Waals surface area (Å²) < 4.78 is 81.7. The lowest BCUT2D eigenvalue weighted by molar-refractivity contribution is -0.253. The molecule has 1 amide bonds. The van der Waals surface area contributed by atoms with E-state index in [4.69, 9.17) is 9.47 Å². The lowest BCUT2D eigenvalue weighted by Crippen LogP contribution is -2.42. The van der Waals surface area contributed by atoms with E-state index in [-0.39, 0.29) is 31.0 Å². The Morgan fingerprint density at radius 1 is 0.905 bits per heavy atom. The van der Waals surface area contributed by atoms with Crippen molar-refractivity contribution in [3.05, 3.63) is 99.9 Å². The number of aliphatic hydroxyl groups is 2. The van der Waals surface area contributed by atoms with Gasteiger partial charge in [0.15, 0.2) is 29.6 Å². The van der Waals surface area contributed by atoms with Gasteiger partial charge in [0.1, 0.15) is 5.56 Å². The van der Waals surface area contributed by atoms with Crippen LogP contribution in [0.4, 0.5) is 27.6 Å². The molecule has 2 aliphatic rings. The zero-order valence-corrected chi connectivity index (χ0v) is 22.3. The third-order valence-corrected chi connectivity index (χ3v) is 7.62. The molecule has 3 aromatic carbocycles. The molecule has 0 saturated carbocycles. The standard InChI is InChI=1S/C30H29F5N2O5/c31-24-23(25(32)27(34)28(35)26(24)33)29(40)36-19-4-1-3-18(11-19)30-41-21(13-37-10-2-5-20(37)15-39)12-22(42-30)17-8-6-16(14-38)7-9-17/h1,3-4,6-9,11,20-22,30,38-39H,2,5,10,12-15H2,(H,36,40)/t20-,21-,22+,30+/m0/s1. The van der Waals surface area contributed by atoms with Crippen molar-refractivity contribution >= 4 is 11.6 Å². The van der Waals surface area contributed by atoms with Crippen LogP contribution in [0.15, 0.2) is 48.5 Å². The average molecular weight is 593 g/mol. The normalized spacial score (nSPS) is 22.8. The highest BCUT2D eigenvalue weighted by Gasteiger charge is 2.36. The Balaban J connectivity index is 1.39. The number of hydrogen-bond acceptors (Lipinski definition) is 6. The molecule has 2 heterocycles. The molecule has 2 fully saturated rings. The van der Waals surface area contributed by atoms with Gasteiger partial charge in [-0.3, -0.25) is 9.69 Å². The van der Waals surface area contributed by atoms with Crippen LogP contribution in [0.1, 0.15) is 58.7 Å². The van der Waals surface area contributed by atoms with Crippen molar-refractivity contribution in [1.29, 1.82) is 0 Å². The fourth-order valence-electron chi connectivity index (χ4n) is 5.40. The summed E-state index contributed by atoms with van der Waals surface area (Å²) in [4.78, 5) is 14.8. The van der Waals surface area contributed by atoms with Crippen LogP contribution in [0, 0.1) is 29.1 Å². The Bertz CT molecular complexity index is 1410. The summed E-state index contributed by atoms with van der Waals surface area (Å²) >= 11 is 0. The molecule has 0 spiro atoms. The molecular formula is C30H29F5N2O5. The number of ether oxygens (including phenoxy) is 2. The Morgan fingerprint density at radius 2 is 1.60 bits per heavy atom. The third-order valence-electron chi connectivity index (χ3n) is 7.62. The highest BCUT2D eigenvalue weighted by atomic mass is 19.2. The molecule has 5 rings (SSSR count). The first kappa shape index (κ1) is 30.1. The first-order valence-corrected chi connectivity index (χ1v) is 13.5. The SMILES string of the molecule is O=C(Nc1cccc([C@@H]2O[C@H](CN3CCC[C@H]3CO)C[C@H](c3ccc(CO)cc3)O2)c1)c1c(F)c(F)c(F)c(F)c1F. The fraction of sp³-hybridized carbons (Fsp3) is 0.367. The number of carbonyl (C=O) groups excluding carboxylic acids is 1. The van der Waals surface area contributed by atoms with E-state index in [2.05, 4.69) is 10.2 Å². The molecule has 0 unspecified atom stereocenters. The molecule has 3 aromatic rings. The van der Waals surface area contributed by atoms with Crippen LogP contribution in [0.3, 0.4) is 0 Å². The van der Waals surface area contributed by atoms with E-state index >= 15 is 0 Å². The van der Waals surface area contributed by atoms with Crippen molar-refractivity contribution < 1.29 is 46.4 Å². The Labute approximate surface area is 238 Å². The van der Waals surface area contributed by atoms with Crippen molar-refractivity contribution in [2.75, 3.05) is 25.0 Å². The number of nitrogens with zero attached hydrogens (tertiary/aromatic N) is 1. The van der Waals surface area contributed by atoms with Crippen LogP contribution in [-0.2, 0) is 16.1 Å². The van der Waals surface area contributed by atoms with Gasteiger partial charge >= 0.3 is 0 Å². The molecule has 3 N–H and O–H groups in total. The third kappa shape index (κ3) is 6.18. The molecule has 4 atom stereocenters. The van der Waals surface area contributed by atoms with E-state index in [0.29, 0.717) is 18.5 Å². The maximum Gasteiger partial charge on any atom is 0.261 e. The molecule has 0 radical (unpaired) electrons. The topological polar surface area (TPSA) is 91.3 Å². The number of amides is 1. The molecule has 42 heavy (non-hydrogen) atoms. The van der Waals surface area contributed by atoms with Gasteiger partial charge in [0.05, 0.1) is 25.4 Å². The molecule has 2 saturated heterocycles. The molecule has 2 aliphatic heterocycles. The minimum Gasteiger partial charge on any atom is -0.395 e. The van der Waals surface area contributed by atoms with Gasteiger partial charge in [-0.25, -0.2) is 22.0 Å². The molecule has 0 aromatic heterocycles. The van der Waals surface area contributed by atoms with Crippen molar-refractivity contribution in [3.8, 4) is 0 Å². The number of nitrogens with one attached hydrogen (secondary N) is 1. The summed E-state index contributed by atoms with van der Waals surface area (Å²) in [5, 5.41) is 21.4. The fourth-order valence-corrected chi connectivity index (χ4v) is 5.40. The first-order valence-electron chi connectivity index (χ1n) is 13.5. The van der Waals surface area contributed by atoms with E-state index in [0.717, 1.165) is 30.5 Å². The lowest BCUT2D eigenvalue weighted by atomic mass is 9.99. The molecular weight excluding hydrogens is 563 g/mol. The molecule has 12 heteroatoms. The van der Waals surface area contributed by atoms with Crippen molar-refractivity contribution in [2.45, 2.75) is 50.4 Å². The second kappa shape index (κ2) is 12.8. The first-order chi connectivity index (χ1) is 20.2. The zero-order chi connectivity index (χ0) is 30.0. The molecule has 224 valence electrons. The Morgan fingerprint density at radius 3 is 2.26 bits per heavy atom. The number of hydrogen-bond donors (Lipinski definition) is 3. The Hall–Kier alpha value is -3.42. The Kier molecular flexibility index (Phi) is 9.19. The maximum absolute atomic E-state index is 14.2. The van der Waals surface area contributed by atoms with E-state index in [1.165, 1.54) is 18.2 Å². The second-order valence-electron chi connectivity index (χ2n) is 10.3. The van der Waals surface area contributed by atoms with Gasteiger partial charge in [0.2, 0.25) is 5.82 Å². The summed E-state index contributed by atoms with van der Waals surface area (Å²) in [6.45, 7) is 1.27. The van der Waals surface area contributed by atoms with Crippen LogP contribution in [0.25, 0.3) is 0 Å². The number of benzene rings is 3. The average Bonchev–Trinajstić information content (AvgIpc) is 3.46. The molecule has 0 bridgehead atoms. The minimum absolute atomic E-state index is 0.0134. The van der Waals surface area contributed by atoms with Gasteiger partial charge in [-0.2, -0.15) is 0 Å². The number of rotatable bonds is 8. The minimum atomic E-state index is -2.36. The maximum atomic E-state index is 14.2. The summed E-state index contributed by atoms with van der Waals surface area (Å²) in [7, 11) is 0. The van der Waals surface area contributed by atoms with Crippen LogP contribution in [-0.4, -0.2) is 52.9 Å². The second-order valence-corrected chi connectivity index (χ2v) is 10.3. The van der Waals surface area contributed by atoms with Gasteiger partial charge < -0.3 is 25.0 Å². The van der Waals surface area contributed by atoms with Gasteiger partial charge in [-0.05, 0) is 42.6 Å². The van der Waals surface area contributed by atoms with Crippen molar-refractivity contribution in [1.82, 2.24) is 4.90 Å². The lowest BCUT2D eigenvalue weighted by Gasteiger charge is -2.38. The van der Waals surface area contributed by atoms with E-state index < -0.39 is 53.0 Å². The number of carbonyl (C=O) groups is 1. The summed E-state index contributed by atoms with van der Waals surface area (Å²) in [6, 6.07) is 13.3.